The summed E-state index contributed by atoms with van der Waals surface area (Å²) >= 11 is 0. The summed E-state index contributed by atoms with van der Waals surface area (Å²) in [4.78, 5) is 22.7. The Balaban J connectivity index is 1.61. The third kappa shape index (κ3) is 5.96. The first-order chi connectivity index (χ1) is 20.8. The Morgan fingerprint density at radius 1 is 1.12 bits per heavy atom. The summed E-state index contributed by atoms with van der Waals surface area (Å²) in [7, 11) is 4.13. The van der Waals surface area contributed by atoms with Gasteiger partial charge in [0, 0.05) is 111 Å². The van der Waals surface area contributed by atoms with E-state index in [0.717, 1.165) is 91.4 Å². The zero-order valence-corrected chi connectivity index (χ0v) is 26.1. The van der Waals surface area contributed by atoms with E-state index in [0.29, 0.717) is 37.8 Å². The van der Waals surface area contributed by atoms with E-state index in [2.05, 4.69) is 41.6 Å². The largest absolute Gasteiger partial charge is 0.375 e. The smallest absolute Gasteiger partial charge is 0.264 e. The summed E-state index contributed by atoms with van der Waals surface area (Å²) < 4.78 is 31.7. The number of carbonyl (C=O) groups is 1. The van der Waals surface area contributed by atoms with E-state index in [1.54, 1.807) is 11.0 Å². The maximum Gasteiger partial charge on any atom is 0.264 e. The molecule has 1 atom stereocenters. The van der Waals surface area contributed by atoms with Gasteiger partial charge in [0.15, 0.2) is 0 Å². The zero-order valence-electron chi connectivity index (χ0n) is 26.1. The van der Waals surface area contributed by atoms with Gasteiger partial charge < -0.3 is 19.3 Å². The Labute approximate surface area is 255 Å². The lowest BCUT2D eigenvalue weighted by atomic mass is 9.88. The lowest BCUT2D eigenvalue weighted by Gasteiger charge is -2.43. The number of alkyl halides is 2. The van der Waals surface area contributed by atoms with Crippen molar-refractivity contribution in [3.05, 3.63) is 52.0 Å². The normalized spacial score (nSPS) is 17.3. The molecule has 1 aromatic carbocycles. The standard InChI is InChI=1S/C35H45F2N5O/c1-6-10-25(11-7-2)40(5)33-14-17-41(23-43)22-30(33)31(8-3)42-16-9-12-24-18-26(27(35(36)37)19-34(24)42)29-21-39(4)32-13-15-38-20-28(29)32/h3,18-21,23,25,31,35H,6-7,9-17,22H2,1-2,4-5H3. The van der Waals surface area contributed by atoms with Crippen molar-refractivity contribution in [2.45, 2.75) is 83.7 Å². The molecule has 43 heavy (non-hydrogen) atoms. The van der Waals surface area contributed by atoms with E-state index in [4.69, 9.17) is 6.42 Å². The fourth-order valence-electron chi connectivity index (χ4n) is 7.38. The van der Waals surface area contributed by atoms with Crippen molar-refractivity contribution in [3.63, 3.8) is 0 Å². The van der Waals surface area contributed by atoms with Crippen LogP contribution in [0.3, 0.4) is 0 Å². The minimum atomic E-state index is -2.64. The van der Waals surface area contributed by atoms with Gasteiger partial charge >= 0.3 is 0 Å². The number of fused-ring (bicyclic) bond motifs is 2. The highest BCUT2D eigenvalue weighted by atomic mass is 19.3. The summed E-state index contributed by atoms with van der Waals surface area (Å²) in [5.41, 5.74) is 7.50. The van der Waals surface area contributed by atoms with Crippen LogP contribution in [0.25, 0.3) is 11.1 Å². The van der Waals surface area contributed by atoms with Crippen molar-refractivity contribution in [1.29, 1.82) is 0 Å². The molecule has 0 saturated carbocycles. The average molecular weight is 590 g/mol. The molecule has 6 nitrogen and oxygen atoms in total. The number of aliphatic imine (C=N–C) groups is 1. The minimum Gasteiger partial charge on any atom is -0.375 e. The number of amides is 1. The predicted octanol–water partition coefficient (Wildman–Crippen LogP) is 6.38. The number of aromatic nitrogens is 1. The fourth-order valence-corrected chi connectivity index (χ4v) is 7.38. The van der Waals surface area contributed by atoms with Crippen LogP contribution >= 0.6 is 0 Å². The highest BCUT2D eigenvalue weighted by Crippen LogP contribution is 2.42. The van der Waals surface area contributed by atoms with Gasteiger partial charge in [-0.25, -0.2) is 8.78 Å². The lowest BCUT2D eigenvalue weighted by molar-refractivity contribution is -0.118. The maximum absolute atomic E-state index is 14.8. The maximum atomic E-state index is 14.8. The molecule has 1 amide bonds. The van der Waals surface area contributed by atoms with Crippen molar-refractivity contribution in [2.75, 3.05) is 38.1 Å². The highest BCUT2D eigenvalue weighted by molar-refractivity contribution is 5.94. The third-order valence-corrected chi connectivity index (χ3v) is 9.52. The van der Waals surface area contributed by atoms with E-state index in [-0.39, 0.29) is 5.56 Å². The number of carbonyl (C=O) groups excluding carboxylic acids is 1. The van der Waals surface area contributed by atoms with Crippen LogP contribution in [-0.2, 0) is 24.7 Å². The van der Waals surface area contributed by atoms with Gasteiger partial charge in [0.2, 0.25) is 6.41 Å². The molecule has 0 bridgehead atoms. The molecular weight excluding hydrogens is 544 g/mol. The Hall–Kier alpha value is -3.60. The van der Waals surface area contributed by atoms with Gasteiger partial charge in [-0.3, -0.25) is 9.79 Å². The summed E-state index contributed by atoms with van der Waals surface area (Å²) in [6.07, 6.45) is 15.9. The topological polar surface area (TPSA) is 44.1 Å². The van der Waals surface area contributed by atoms with E-state index in [1.807, 2.05) is 30.1 Å². The first-order valence-corrected chi connectivity index (χ1v) is 15.8. The second kappa shape index (κ2) is 13.4. The van der Waals surface area contributed by atoms with Crippen molar-refractivity contribution in [3.8, 4) is 23.5 Å². The number of hydrogen-bond acceptors (Lipinski definition) is 4. The first-order valence-electron chi connectivity index (χ1n) is 15.8. The number of nitrogens with zero attached hydrogens (tertiary/aromatic N) is 5. The van der Waals surface area contributed by atoms with Crippen molar-refractivity contribution in [1.82, 2.24) is 14.4 Å². The molecule has 8 heteroatoms. The Bertz CT molecular complexity index is 1430. The summed E-state index contributed by atoms with van der Waals surface area (Å²) in [6.45, 7) is 6.90. The number of halogens is 2. The number of benzene rings is 1. The van der Waals surface area contributed by atoms with Crippen LogP contribution < -0.4 is 4.90 Å². The summed E-state index contributed by atoms with van der Waals surface area (Å²) in [6, 6.07) is 3.60. The molecular formula is C35H45F2N5O. The fraction of sp³-hybridized carbons (Fsp3) is 0.543. The third-order valence-electron chi connectivity index (χ3n) is 9.52. The van der Waals surface area contributed by atoms with Crippen LogP contribution in [0.1, 0.15) is 81.2 Å². The molecule has 5 rings (SSSR count). The van der Waals surface area contributed by atoms with E-state index >= 15 is 0 Å². The molecule has 2 aromatic rings. The molecule has 0 saturated heterocycles. The van der Waals surface area contributed by atoms with Crippen LogP contribution in [0, 0.1) is 12.3 Å². The van der Waals surface area contributed by atoms with E-state index in [1.165, 1.54) is 5.70 Å². The van der Waals surface area contributed by atoms with Crippen molar-refractivity contribution in [2.24, 2.45) is 12.0 Å². The van der Waals surface area contributed by atoms with Crippen LogP contribution in [0.2, 0.25) is 0 Å². The first kappa shape index (κ1) is 30.8. The second-order valence-corrected chi connectivity index (χ2v) is 12.2. The molecule has 1 aromatic heterocycles. The minimum absolute atomic E-state index is 0.0178. The Morgan fingerprint density at radius 2 is 1.88 bits per heavy atom. The van der Waals surface area contributed by atoms with Crippen LogP contribution in [0.4, 0.5) is 14.5 Å². The monoisotopic (exact) mass is 589 g/mol. The molecule has 3 aliphatic rings. The Morgan fingerprint density at radius 3 is 2.56 bits per heavy atom. The number of rotatable bonds is 11. The van der Waals surface area contributed by atoms with Gasteiger partial charge in [-0.1, -0.05) is 32.6 Å². The molecule has 0 aliphatic carbocycles. The SMILES string of the molecule is C#CC(C1=C(N(C)C(CCC)CCC)CCN(C=O)C1)N1CCCc2cc(-c3cn(C)c4c3C=NCC4)c(C(F)F)cc21. The molecule has 230 valence electrons. The number of anilines is 1. The van der Waals surface area contributed by atoms with Crippen molar-refractivity contribution >= 4 is 18.3 Å². The molecule has 0 radical (unpaired) electrons. The Kier molecular flexibility index (Phi) is 9.59. The predicted molar refractivity (Wildman–Crippen MR) is 171 cm³/mol. The van der Waals surface area contributed by atoms with Gasteiger partial charge in [0.05, 0.1) is 0 Å². The molecule has 4 heterocycles. The van der Waals surface area contributed by atoms with Crippen LogP contribution in [0.15, 0.2) is 34.6 Å². The highest BCUT2D eigenvalue weighted by Gasteiger charge is 2.34. The lowest BCUT2D eigenvalue weighted by Crippen LogP contribution is -2.47. The van der Waals surface area contributed by atoms with Crippen LogP contribution in [-0.4, -0.2) is 72.3 Å². The summed E-state index contributed by atoms with van der Waals surface area (Å²) in [5, 5.41) is 0. The molecule has 0 spiro atoms. The van der Waals surface area contributed by atoms with Gasteiger partial charge in [-0.05, 0) is 48.9 Å². The number of hydrogen-bond donors (Lipinski definition) is 0. The number of terminal acetylenes is 1. The summed E-state index contributed by atoms with van der Waals surface area (Å²) in [5.74, 6) is 3.04. The molecule has 3 aliphatic heterocycles. The van der Waals surface area contributed by atoms with Gasteiger partial charge in [-0.2, -0.15) is 0 Å². The average Bonchev–Trinajstić information content (AvgIpc) is 3.36. The van der Waals surface area contributed by atoms with Gasteiger partial charge in [0.1, 0.15) is 6.04 Å². The van der Waals surface area contributed by atoms with Crippen LogP contribution in [0.5, 0.6) is 0 Å². The van der Waals surface area contributed by atoms with E-state index in [9.17, 15) is 13.6 Å². The molecule has 0 N–H and O–H groups in total. The molecule has 1 unspecified atom stereocenters. The molecule has 0 fully saturated rings. The van der Waals surface area contributed by atoms with Gasteiger partial charge in [0.25, 0.3) is 6.43 Å². The zero-order chi connectivity index (χ0) is 30.7. The quantitative estimate of drug-likeness (QED) is 0.226. The van der Waals surface area contributed by atoms with E-state index < -0.39 is 12.5 Å². The van der Waals surface area contributed by atoms with Gasteiger partial charge in [-0.15, -0.1) is 6.42 Å². The number of aryl methyl sites for hydroxylation is 2. The second-order valence-electron chi connectivity index (χ2n) is 12.2. The van der Waals surface area contributed by atoms with Crippen molar-refractivity contribution < 1.29 is 13.6 Å².